The molecule has 0 saturated carbocycles. The van der Waals surface area contributed by atoms with Crippen molar-refractivity contribution in [1.82, 2.24) is 15.5 Å². The Labute approximate surface area is 188 Å². The summed E-state index contributed by atoms with van der Waals surface area (Å²) in [6.45, 7) is 5.83. The minimum Gasteiger partial charge on any atom is -0.507 e. The first-order valence-electron chi connectivity index (χ1n) is 10.2. The lowest BCUT2D eigenvalue weighted by molar-refractivity contribution is -0.137. The van der Waals surface area contributed by atoms with Crippen molar-refractivity contribution in [2.45, 2.75) is 38.9 Å². The van der Waals surface area contributed by atoms with Crippen LogP contribution in [0, 0.1) is 6.92 Å². The van der Waals surface area contributed by atoms with E-state index in [2.05, 4.69) is 25.6 Å². The predicted molar refractivity (Wildman–Crippen MR) is 115 cm³/mol. The highest BCUT2D eigenvalue weighted by Crippen LogP contribution is 2.37. The number of alkyl halides is 3. The largest absolute Gasteiger partial charge is 0.507 e. The molecule has 2 heterocycles. The van der Waals surface area contributed by atoms with Crippen LogP contribution in [0.15, 0.2) is 18.2 Å². The average Bonchev–Trinajstić information content (AvgIpc) is 2.75. The second kappa shape index (κ2) is 11.5. The first-order valence-corrected chi connectivity index (χ1v) is 10.2. The van der Waals surface area contributed by atoms with Crippen LogP contribution in [0.3, 0.4) is 0 Å². The number of carbonyl (C=O) groups excluding carboxylic acids is 2. The summed E-state index contributed by atoms with van der Waals surface area (Å²) in [4.78, 5) is 21.2. The molecule has 1 atom stereocenters. The van der Waals surface area contributed by atoms with E-state index in [0.717, 1.165) is 31.5 Å². The lowest BCUT2D eigenvalue weighted by Gasteiger charge is -2.25. The van der Waals surface area contributed by atoms with E-state index in [1.807, 2.05) is 0 Å². The van der Waals surface area contributed by atoms with Crippen LogP contribution < -0.4 is 16.4 Å². The second-order valence-corrected chi connectivity index (χ2v) is 7.23. The number of hydrogen-bond donors (Lipinski definition) is 4. The van der Waals surface area contributed by atoms with Gasteiger partial charge in [0.1, 0.15) is 11.4 Å². The SMILES string of the molecule is CCOC=O.Cc1c(-c2ccc(C(F)(F)F)cc2O)nnc(NC2CCCNC2)c1C(N)=O. The first-order chi connectivity index (χ1) is 15.6. The van der Waals surface area contributed by atoms with Crippen LogP contribution in [-0.4, -0.2) is 53.4 Å². The van der Waals surface area contributed by atoms with Gasteiger partial charge in [0.25, 0.3) is 12.4 Å². The van der Waals surface area contributed by atoms with Crippen molar-refractivity contribution in [1.29, 1.82) is 0 Å². The van der Waals surface area contributed by atoms with Crippen LogP contribution in [-0.2, 0) is 15.7 Å². The van der Waals surface area contributed by atoms with E-state index in [0.29, 0.717) is 31.3 Å². The number of nitrogens with zero attached hydrogens (tertiary/aromatic N) is 2. The van der Waals surface area contributed by atoms with Crippen molar-refractivity contribution in [3.05, 3.63) is 34.9 Å². The molecule has 180 valence electrons. The van der Waals surface area contributed by atoms with Gasteiger partial charge >= 0.3 is 6.18 Å². The van der Waals surface area contributed by atoms with Crippen LogP contribution in [0.1, 0.15) is 41.3 Å². The molecule has 33 heavy (non-hydrogen) atoms. The summed E-state index contributed by atoms with van der Waals surface area (Å²) < 4.78 is 42.6. The number of carbonyl (C=O) groups is 2. The fourth-order valence-electron chi connectivity index (χ4n) is 3.32. The number of piperidine rings is 1. The van der Waals surface area contributed by atoms with Gasteiger partial charge in [-0.05, 0) is 57.0 Å². The normalized spacial score (nSPS) is 15.7. The van der Waals surface area contributed by atoms with E-state index >= 15 is 0 Å². The van der Waals surface area contributed by atoms with E-state index in [9.17, 15) is 27.9 Å². The van der Waals surface area contributed by atoms with Gasteiger partial charge in [-0.15, -0.1) is 10.2 Å². The van der Waals surface area contributed by atoms with Crippen molar-refractivity contribution >= 4 is 18.2 Å². The standard InChI is InChI=1S/C18H20F3N5O2.C3H6O2/c1-9-14(16(22)28)17(24-11-3-2-6-23-8-11)26-25-15(9)12-5-4-10(7-13(12)27)18(19,20)21;1-2-5-3-4/h4-5,7,11,23,27H,2-3,6,8H2,1H3,(H2,22,28)(H,24,26);3H,2H2,1H3. The van der Waals surface area contributed by atoms with Crippen LogP contribution in [0.2, 0.25) is 0 Å². The lowest BCUT2D eigenvalue weighted by atomic mass is 9.99. The minimum absolute atomic E-state index is 0.0337. The number of primary amides is 1. The van der Waals surface area contributed by atoms with Crippen LogP contribution in [0.5, 0.6) is 5.75 Å². The summed E-state index contributed by atoms with van der Waals surface area (Å²) in [6, 6.07) is 2.59. The van der Waals surface area contributed by atoms with Gasteiger partial charge in [0.2, 0.25) is 0 Å². The van der Waals surface area contributed by atoms with Crippen molar-refractivity contribution < 1.29 is 32.6 Å². The molecule has 1 aliphatic rings. The highest BCUT2D eigenvalue weighted by Gasteiger charge is 2.31. The Morgan fingerprint density at radius 1 is 1.39 bits per heavy atom. The summed E-state index contributed by atoms with van der Waals surface area (Å²) in [5.41, 5.74) is 5.06. The van der Waals surface area contributed by atoms with Gasteiger partial charge in [0.05, 0.1) is 17.7 Å². The molecule has 1 aliphatic heterocycles. The Hall–Kier alpha value is -3.41. The van der Waals surface area contributed by atoms with Gasteiger partial charge in [-0.2, -0.15) is 13.2 Å². The van der Waals surface area contributed by atoms with E-state index in [4.69, 9.17) is 5.73 Å². The molecule has 12 heteroatoms. The zero-order valence-corrected chi connectivity index (χ0v) is 18.2. The number of anilines is 1. The number of hydrogen-bond acceptors (Lipinski definition) is 8. The number of ether oxygens (including phenoxy) is 1. The van der Waals surface area contributed by atoms with E-state index in [1.165, 1.54) is 0 Å². The number of benzene rings is 1. The number of nitrogens with one attached hydrogen (secondary N) is 2. The zero-order chi connectivity index (χ0) is 24.6. The lowest BCUT2D eigenvalue weighted by Crippen LogP contribution is -2.39. The summed E-state index contributed by atoms with van der Waals surface area (Å²) in [7, 11) is 0. The molecule has 0 aliphatic carbocycles. The van der Waals surface area contributed by atoms with Crippen molar-refractivity contribution in [3.63, 3.8) is 0 Å². The fraction of sp³-hybridized carbons (Fsp3) is 0.429. The molecule has 3 rings (SSSR count). The number of rotatable bonds is 6. The van der Waals surface area contributed by atoms with Crippen molar-refractivity contribution in [2.75, 3.05) is 25.0 Å². The Morgan fingerprint density at radius 3 is 2.61 bits per heavy atom. The van der Waals surface area contributed by atoms with Crippen LogP contribution in [0.4, 0.5) is 19.0 Å². The molecule has 1 fully saturated rings. The molecule has 1 saturated heterocycles. The average molecular weight is 469 g/mol. The minimum atomic E-state index is -4.59. The quantitative estimate of drug-likeness (QED) is 0.474. The molecule has 9 nitrogen and oxygen atoms in total. The number of nitrogens with two attached hydrogens (primary N) is 1. The van der Waals surface area contributed by atoms with Gasteiger partial charge in [-0.25, -0.2) is 0 Å². The number of phenolic OH excluding ortho intramolecular Hbond substituents is 1. The number of phenols is 1. The summed E-state index contributed by atoms with van der Waals surface area (Å²) in [6.07, 6.45) is -2.74. The molecule has 1 aromatic heterocycles. The Morgan fingerprint density at radius 2 is 2.12 bits per heavy atom. The third-order valence-corrected chi connectivity index (χ3v) is 4.92. The highest BCUT2D eigenvalue weighted by molar-refractivity contribution is 6.00. The molecule has 5 N–H and O–H groups in total. The predicted octanol–water partition coefficient (Wildman–Crippen LogP) is 2.62. The number of halogens is 3. The summed E-state index contributed by atoms with van der Waals surface area (Å²) in [5.74, 6) is -1.14. The third-order valence-electron chi connectivity index (χ3n) is 4.92. The summed E-state index contributed by atoms with van der Waals surface area (Å²) in [5, 5.41) is 24.5. The highest BCUT2D eigenvalue weighted by atomic mass is 19.4. The van der Waals surface area contributed by atoms with Crippen molar-refractivity contribution in [3.8, 4) is 17.0 Å². The van der Waals surface area contributed by atoms with E-state index < -0.39 is 23.4 Å². The Kier molecular flexibility index (Phi) is 8.97. The van der Waals surface area contributed by atoms with Gasteiger partial charge in [-0.3, -0.25) is 9.59 Å². The van der Waals surface area contributed by atoms with Crippen LogP contribution >= 0.6 is 0 Å². The van der Waals surface area contributed by atoms with Gasteiger partial charge in [0.15, 0.2) is 5.82 Å². The smallest absolute Gasteiger partial charge is 0.416 e. The maximum absolute atomic E-state index is 12.8. The fourth-order valence-corrected chi connectivity index (χ4v) is 3.32. The van der Waals surface area contributed by atoms with E-state index in [-0.39, 0.29) is 28.7 Å². The maximum atomic E-state index is 12.8. The third kappa shape index (κ3) is 6.78. The van der Waals surface area contributed by atoms with Gasteiger partial charge in [0, 0.05) is 18.2 Å². The Balaban J connectivity index is 0.000000696. The molecule has 0 bridgehead atoms. The number of aromatic hydroxyl groups is 1. The molecular weight excluding hydrogens is 443 g/mol. The van der Waals surface area contributed by atoms with E-state index in [1.54, 1.807) is 13.8 Å². The van der Waals surface area contributed by atoms with Gasteiger partial charge in [-0.1, -0.05) is 0 Å². The molecule has 2 aromatic rings. The molecule has 0 radical (unpaired) electrons. The number of aromatic nitrogens is 2. The topological polar surface area (TPSA) is 139 Å². The molecular formula is C21H26F3N5O4. The molecule has 1 unspecified atom stereocenters. The summed E-state index contributed by atoms with van der Waals surface area (Å²) >= 11 is 0. The maximum Gasteiger partial charge on any atom is 0.416 e. The van der Waals surface area contributed by atoms with Crippen molar-refractivity contribution in [2.24, 2.45) is 5.73 Å². The molecule has 1 aromatic carbocycles. The number of amides is 1. The van der Waals surface area contributed by atoms with Gasteiger partial charge < -0.3 is 26.2 Å². The molecule has 0 spiro atoms. The zero-order valence-electron chi connectivity index (χ0n) is 18.2. The first kappa shape index (κ1) is 25.8. The monoisotopic (exact) mass is 469 g/mol. The van der Waals surface area contributed by atoms with Crippen LogP contribution in [0.25, 0.3) is 11.3 Å². The molecule has 1 amide bonds. The Bertz CT molecular complexity index is 979. The second-order valence-electron chi connectivity index (χ2n) is 7.23.